The number of benzene rings is 1. The van der Waals surface area contributed by atoms with Crippen LogP contribution < -0.4 is 5.73 Å². The highest BCUT2D eigenvalue weighted by molar-refractivity contribution is 8.00. The Kier molecular flexibility index (Phi) is 4.70. The summed E-state index contributed by atoms with van der Waals surface area (Å²) in [7, 11) is 0. The van der Waals surface area contributed by atoms with Crippen molar-refractivity contribution in [3.8, 4) is 0 Å². The van der Waals surface area contributed by atoms with Crippen molar-refractivity contribution >= 4 is 35.6 Å². The number of ether oxygens (including phenoxy) is 1. The first-order valence-electron chi connectivity index (χ1n) is 7.48. The Balaban J connectivity index is 1.80. The van der Waals surface area contributed by atoms with Crippen LogP contribution in [0.3, 0.4) is 0 Å². The maximum Gasteiger partial charge on any atom is 0.352 e. The van der Waals surface area contributed by atoms with Gasteiger partial charge in [-0.2, -0.15) is 0 Å². The van der Waals surface area contributed by atoms with Gasteiger partial charge in [-0.3, -0.25) is 9.69 Å². The lowest BCUT2D eigenvalue weighted by molar-refractivity contribution is -0.148. The quantitative estimate of drug-likeness (QED) is 0.480. The van der Waals surface area contributed by atoms with E-state index in [1.54, 1.807) is 0 Å². The first kappa shape index (κ1) is 18.0. The van der Waals surface area contributed by atoms with Crippen molar-refractivity contribution in [3.05, 3.63) is 46.7 Å². The molecule has 0 radical (unpaired) electrons. The van der Waals surface area contributed by atoms with Gasteiger partial charge in [-0.05, 0) is 12.1 Å². The Labute approximate surface area is 151 Å². The van der Waals surface area contributed by atoms with Gasteiger partial charge in [-0.1, -0.05) is 12.1 Å². The number of carboxylic acid groups (broad SMARTS) is 2. The minimum Gasteiger partial charge on any atom is -0.478 e. The van der Waals surface area contributed by atoms with Crippen molar-refractivity contribution in [2.24, 2.45) is 5.73 Å². The second kappa shape index (κ2) is 6.81. The van der Waals surface area contributed by atoms with Gasteiger partial charge in [0.1, 0.15) is 23.7 Å². The molecule has 1 saturated heterocycles. The number of aliphatic carboxylic acids is 1. The molecule has 2 aliphatic heterocycles. The molecular formula is C16H14N2O7S. The van der Waals surface area contributed by atoms with Crippen LogP contribution in [-0.2, 0) is 14.3 Å². The highest BCUT2D eigenvalue weighted by Crippen LogP contribution is 2.39. The van der Waals surface area contributed by atoms with E-state index in [2.05, 4.69) is 0 Å². The van der Waals surface area contributed by atoms with E-state index in [0.29, 0.717) is 0 Å². The molecule has 1 aromatic rings. The summed E-state index contributed by atoms with van der Waals surface area (Å²) < 4.78 is 5.10. The van der Waals surface area contributed by atoms with Gasteiger partial charge in [-0.15, -0.1) is 11.8 Å². The monoisotopic (exact) mass is 378 g/mol. The molecule has 2 aliphatic rings. The fourth-order valence-corrected chi connectivity index (χ4v) is 4.04. The number of β-lactam (4-membered cyclic amide) rings is 1. The molecule has 1 unspecified atom stereocenters. The Morgan fingerprint density at radius 2 is 1.85 bits per heavy atom. The van der Waals surface area contributed by atoms with Crippen LogP contribution in [0.5, 0.6) is 0 Å². The topological polar surface area (TPSA) is 147 Å². The van der Waals surface area contributed by atoms with Gasteiger partial charge in [0, 0.05) is 11.3 Å². The van der Waals surface area contributed by atoms with Crippen LogP contribution >= 0.6 is 11.8 Å². The number of carboxylic acids is 2. The molecule has 4 N–H and O–H groups in total. The molecule has 0 bridgehead atoms. The summed E-state index contributed by atoms with van der Waals surface area (Å²) in [4.78, 5) is 47.9. The average molecular weight is 378 g/mol. The van der Waals surface area contributed by atoms with Crippen molar-refractivity contribution in [2.45, 2.75) is 11.4 Å². The number of aromatic carboxylic acids is 1. The number of nitrogens with two attached hydrogens (primary N) is 1. The second-order valence-corrected chi connectivity index (χ2v) is 6.72. The maximum atomic E-state index is 12.2. The molecule has 1 aromatic carbocycles. The Morgan fingerprint density at radius 3 is 2.46 bits per heavy atom. The van der Waals surface area contributed by atoms with Gasteiger partial charge in [0.2, 0.25) is 5.91 Å². The number of thioether (sulfide) groups is 1. The molecule has 0 saturated carbocycles. The number of rotatable bonds is 5. The largest absolute Gasteiger partial charge is 0.478 e. The Morgan fingerprint density at radius 1 is 1.19 bits per heavy atom. The SMILES string of the molecule is NC1C(=O)N2C(C(=O)O)=C(COC(=O)c3ccccc3C(=O)O)CS[C@@H]12. The number of hydrogen-bond acceptors (Lipinski definition) is 7. The molecule has 9 nitrogen and oxygen atoms in total. The van der Waals surface area contributed by atoms with Gasteiger partial charge in [-0.25, -0.2) is 14.4 Å². The molecule has 10 heteroatoms. The van der Waals surface area contributed by atoms with Crippen molar-refractivity contribution in [1.29, 1.82) is 0 Å². The van der Waals surface area contributed by atoms with E-state index in [1.807, 2.05) is 0 Å². The molecule has 2 atom stereocenters. The summed E-state index contributed by atoms with van der Waals surface area (Å²) in [5, 5.41) is 18.1. The molecule has 2 heterocycles. The predicted molar refractivity (Wildman–Crippen MR) is 89.4 cm³/mol. The lowest BCUT2D eigenvalue weighted by atomic mass is 10.0. The fourth-order valence-electron chi connectivity index (χ4n) is 2.77. The van der Waals surface area contributed by atoms with Crippen LogP contribution in [0.15, 0.2) is 35.5 Å². The minimum atomic E-state index is -1.31. The molecule has 3 rings (SSSR count). The summed E-state index contributed by atoms with van der Waals surface area (Å²) in [5.74, 6) is -3.75. The van der Waals surface area contributed by atoms with Crippen LogP contribution in [0, 0.1) is 0 Å². The third-order valence-corrected chi connectivity index (χ3v) is 5.41. The fraction of sp³-hybridized carbons (Fsp3) is 0.250. The summed E-state index contributed by atoms with van der Waals surface area (Å²) in [6.07, 6.45) is 0. The predicted octanol–water partition coefficient (Wildman–Crippen LogP) is 0.123. The van der Waals surface area contributed by atoms with Crippen molar-refractivity contribution in [3.63, 3.8) is 0 Å². The molecule has 26 heavy (non-hydrogen) atoms. The number of carbonyl (C=O) groups excluding carboxylic acids is 2. The smallest absolute Gasteiger partial charge is 0.352 e. The first-order chi connectivity index (χ1) is 12.3. The van der Waals surface area contributed by atoms with Crippen molar-refractivity contribution < 1.29 is 34.1 Å². The van der Waals surface area contributed by atoms with Crippen LogP contribution in [0.4, 0.5) is 0 Å². The normalized spacial score (nSPS) is 21.7. The Hall–Kier alpha value is -2.85. The standard InChI is InChI=1S/C16H14N2O7S/c17-10-12(19)18-11(15(22)23)7(6-26-13(10)18)5-25-16(24)9-4-2-1-3-8(9)14(20)21/h1-4,10,13H,5-6,17H2,(H,20,21)(H,22,23)/t10?,13-/m0/s1. The van der Waals surface area contributed by atoms with Gasteiger partial charge < -0.3 is 20.7 Å². The molecule has 136 valence electrons. The number of fused-ring (bicyclic) bond motifs is 1. The Bertz CT molecular complexity index is 851. The molecule has 0 spiro atoms. The van der Waals surface area contributed by atoms with E-state index in [4.69, 9.17) is 15.6 Å². The van der Waals surface area contributed by atoms with E-state index < -0.39 is 35.2 Å². The number of esters is 1. The van der Waals surface area contributed by atoms with E-state index in [1.165, 1.54) is 36.0 Å². The minimum absolute atomic E-state index is 0.138. The molecule has 0 aliphatic carbocycles. The van der Waals surface area contributed by atoms with E-state index in [-0.39, 0.29) is 34.8 Å². The zero-order chi connectivity index (χ0) is 19.0. The average Bonchev–Trinajstić information content (AvgIpc) is 2.64. The molecule has 1 amide bonds. The van der Waals surface area contributed by atoms with Crippen LogP contribution in [0.25, 0.3) is 0 Å². The molecular weight excluding hydrogens is 364 g/mol. The lowest BCUT2D eigenvalue weighted by Crippen LogP contribution is -2.68. The third-order valence-electron chi connectivity index (χ3n) is 4.05. The van der Waals surface area contributed by atoms with E-state index in [9.17, 15) is 24.3 Å². The van der Waals surface area contributed by atoms with Gasteiger partial charge in [0.15, 0.2) is 0 Å². The maximum absolute atomic E-state index is 12.2. The van der Waals surface area contributed by atoms with Crippen molar-refractivity contribution in [1.82, 2.24) is 4.90 Å². The number of nitrogens with zero attached hydrogens (tertiary/aromatic N) is 1. The molecule has 1 fully saturated rings. The number of carbonyl (C=O) groups is 4. The van der Waals surface area contributed by atoms with E-state index in [0.717, 1.165) is 4.90 Å². The van der Waals surface area contributed by atoms with Crippen LogP contribution in [-0.4, -0.2) is 62.7 Å². The van der Waals surface area contributed by atoms with Crippen LogP contribution in [0.1, 0.15) is 20.7 Å². The summed E-state index contributed by atoms with van der Waals surface area (Å²) in [6.45, 7) is -0.368. The zero-order valence-corrected chi connectivity index (χ0v) is 14.1. The lowest BCUT2D eigenvalue weighted by Gasteiger charge is -2.47. The zero-order valence-electron chi connectivity index (χ0n) is 13.2. The highest BCUT2D eigenvalue weighted by Gasteiger charge is 2.51. The number of amides is 1. The van der Waals surface area contributed by atoms with Gasteiger partial charge in [0.25, 0.3) is 0 Å². The van der Waals surface area contributed by atoms with Gasteiger partial charge in [0.05, 0.1) is 11.1 Å². The summed E-state index contributed by atoms with van der Waals surface area (Å²) in [5.41, 5.74) is 5.32. The highest BCUT2D eigenvalue weighted by atomic mass is 32.2. The van der Waals surface area contributed by atoms with Gasteiger partial charge >= 0.3 is 17.9 Å². The van der Waals surface area contributed by atoms with Crippen molar-refractivity contribution in [2.75, 3.05) is 12.4 Å². The second-order valence-electron chi connectivity index (χ2n) is 5.62. The first-order valence-corrected chi connectivity index (χ1v) is 8.52. The van der Waals surface area contributed by atoms with Crippen LogP contribution in [0.2, 0.25) is 0 Å². The summed E-state index contributed by atoms with van der Waals surface area (Å²) in [6, 6.07) is 4.79. The summed E-state index contributed by atoms with van der Waals surface area (Å²) >= 11 is 1.28. The third kappa shape index (κ3) is 2.93. The number of hydrogen-bond donors (Lipinski definition) is 3. The molecule has 0 aromatic heterocycles. The van der Waals surface area contributed by atoms with E-state index >= 15 is 0 Å².